The number of aromatic nitrogens is 1. The average molecular weight is 448 g/mol. The number of nitrogens with zero attached hydrogens (tertiary/aromatic N) is 1. The molecule has 0 unspecified atom stereocenters. The molecule has 172 valence electrons. The van der Waals surface area contributed by atoms with Gasteiger partial charge in [0, 0.05) is 29.6 Å². The molecule has 0 radical (unpaired) electrons. The zero-order chi connectivity index (χ0) is 23.5. The molecule has 3 aromatic rings. The van der Waals surface area contributed by atoms with Crippen molar-refractivity contribution in [2.45, 2.75) is 38.6 Å². The molecular formula is C25H29N5O3. The molecule has 8 nitrogen and oxygen atoms in total. The summed E-state index contributed by atoms with van der Waals surface area (Å²) in [5.74, 6) is -0.836. The topological polar surface area (TPSA) is 146 Å². The molecular weight excluding hydrogens is 418 g/mol. The zero-order valence-corrected chi connectivity index (χ0v) is 18.5. The summed E-state index contributed by atoms with van der Waals surface area (Å²) in [7, 11) is 0. The van der Waals surface area contributed by atoms with Gasteiger partial charge in [0.15, 0.2) is 0 Å². The monoisotopic (exact) mass is 447 g/mol. The number of benzene rings is 2. The molecule has 33 heavy (non-hydrogen) atoms. The highest BCUT2D eigenvalue weighted by Crippen LogP contribution is 2.31. The van der Waals surface area contributed by atoms with Crippen molar-refractivity contribution in [1.82, 2.24) is 9.88 Å². The molecule has 2 aromatic carbocycles. The van der Waals surface area contributed by atoms with E-state index < -0.39 is 11.8 Å². The lowest BCUT2D eigenvalue weighted by Crippen LogP contribution is -2.32. The van der Waals surface area contributed by atoms with Crippen LogP contribution in [0.3, 0.4) is 0 Å². The molecule has 4 rings (SSSR count). The van der Waals surface area contributed by atoms with Crippen molar-refractivity contribution in [3.8, 4) is 0 Å². The van der Waals surface area contributed by atoms with Crippen molar-refractivity contribution < 1.29 is 14.4 Å². The average Bonchev–Trinajstić information content (AvgIpc) is 3.09. The summed E-state index contributed by atoms with van der Waals surface area (Å²) in [6, 6.07) is 11.8. The summed E-state index contributed by atoms with van der Waals surface area (Å²) in [6.07, 6.45) is 5.88. The molecule has 1 aliphatic rings. The Bertz CT molecular complexity index is 1210. The van der Waals surface area contributed by atoms with E-state index in [1.54, 1.807) is 47.0 Å². The summed E-state index contributed by atoms with van der Waals surface area (Å²) in [5, 5.41) is 3.74. The summed E-state index contributed by atoms with van der Waals surface area (Å²) in [5.41, 5.74) is 20.2. The molecule has 3 amide bonds. The third-order valence-electron chi connectivity index (χ3n) is 6.46. The van der Waals surface area contributed by atoms with Gasteiger partial charge in [-0.2, -0.15) is 0 Å². The molecule has 0 atom stereocenters. The van der Waals surface area contributed by atoms with Crippen LogP contribution in [0.1, 0.15) is 68.9 Å². The minimum atomic E-state index is -0.558. The van der Waals surface area contributed by atoms with E-state index in [2.05, 4.69) is 5.32 Å². The molecule has 1 aliphatic carbocycles. The van der Waals surface area contributed by atoms with Gasteiger partial charge in [-0.3, -0.25) is 14.4 Å². The van der Waals surface area contributed by atoms with E-state index >= 15 is 0 Å². The lowest BCUT2D eigenvalue weighted by atomic mass is 9.89. The number of primary amides is 2. The van der Waals surface area contributed by atoms with Gasteiger partial charge in [0.05, 0.1) is 11.2 Å². The highest BCUT2D eigenvalue weighted by atomic mass is 16.2. The fourth-order valence-electron chi connectivity index (χ4n) is 4.61. The van der Waals surface area contributed by atoms with Crippen LogP contribution in [-0.4, -0.2) is 28.8 Å². The number of fused-ring (bicyclic) bond motifs is 1. The highest BCUT2D eigenvalue weighted by Gasteiger charge is 2.23. The normalized spacial score (nSPS) is 14.3. The van der Waals surface area contributed by atoms with E-state index in [0.29, 0.717) is 52.4 Å². The fourth-order valence-corrected chi connectivity index (χ4v) is 4.61. The third kappa shape index (κ3) is 4.69. The van der Waals surface area contributed by atoms with E-state index in [0.717, 1.165) is 18.4 Å². The Labute approximate surface area is 192 Å². The minimum Gasteiger partial charge on any atom is -0.396 e. The second kappa shape index (κ2) is 9.36. The number of amides is 3. The summed E-state index contributed by atoms with van der Waals surface area (Å²) in [6.45, 7) is 0.931. The summed E-state index contributed by atoms with van der Waals surface area (Å²) in [4.78, 5) is 36.5. The number of nitrogens with two attached hydrogens (primary N) is 3. The van der Waals surface area contributed by atoms with E-state index in [1.165, 1.54) is 19.3 Å². The van der Waals surface area contributed by atoms with Gasteiger partial charge in [0.1, 0.15) is 5.69 Å². The van der Waals surface area contributed by atoms with Crippen LogP contribution in [0.4, 0.5) is 5.69 Å². The first-order valence-electron chi connectivity index (χ1n) is 11.2. The third-order valence-corrected chi connectivity index (χ3v) is 6.46. The Kier molecular flexibility index (Phi) is 6.35. The van der Waals surface area contributed by atoms with Crippen LogP contribution < -0.4 is 22.5 Å². The maximum atomic E-state index is 13.3. The first kappa shape index (κ1) is 22.4. The Hall–Kier alpha value is -3.81. The Balaban J connectivity index is 1.72. The number of carbonyl (C=O) groups excluding carboxylic acids is 3. The van der Waals surface area contributed by atoms with E-state index in [1.807, 2.05) is 0 Å². The van der Waals surface area contributed by atoms with Crippen LogP contribution in [0.15, 0.2) is 42.5 Å². The molecule has 0 aliphatic heterocycles. The van der Waals surface area contributed by atoms with Crippen molar-refractivity contribution in [3.63, 3.8) is 0 Å². The van der Waals surface area contributed by atoms with E-state index in [4.69, 9.17) is 17.2 Å². The number of rotatable bonds is 7. The number of nitrogens with one attached hydrogen (secondary N) is 1. The lowest BCUT2D eigenvalue weighted by Gasteiger charge is -2.22. The number of hydrogen-bond acceptors (Lipinski definition) is 4. The molecule has 0 saturated heterocycles. The summed E-state index contributed by atoms with van der Waals surface area (Å²) < 4.78 is 1.80. The highest BCUT2D eigenvalue weighted by molar-refractivity contribution is 6.09. The lowest BCUT2D eigenvalue weighted by molar-refractivity contribution is 0.0934. The number of nitrogen functional groups attached to an aromatic ring is 1. The maximum absolute atomic E-state index is 13.3. The largest absolute Gasteiger partial charge is 0.396 e. The van der Waals surface area contributed by atoms with Crippen LogP contribution in [-0.2, 0) is 6.54 Å². The molecule has 1 heterocycles. The van der Waals surface area contributed by atoms with Crippen molar-refractivity contribution in [2.24, 2.45) is 17.4 Å². The SMILES string of the molecule is NC(=O)c1ccc(Cn2c(C(=O)NCC3CCCCC3)c(N)c3ccc(C(N)=O)cc32)cc1. The predicted octanol–water partition coefficient (Wildman–Crippen LogP) is 2.78. The van der Waals surface area contributed by atoms with Crippen LogP contribution >= 0.6 is 0 Å². The number of anilines is 1. The van der Waals surface area contributed by atoms with Gasteiger partial charge < -0.3 is 27.1 Å². The van der Waals surface area contributed by atoms with Gasteiger partial charge in [-0.05, 0) is 54.7 Å². The van der Waals surface area contributed by atoms with Crippen LogP contribution in [0.5, 0.6) is 0 Å². The molecule has 0 bridgehead atoms. The molecule has 7 N–H and O–H groups in total. The second-order valence-corrected chi connectivity index (χ2v) is 8.72. The molecule has 1 aromatic heterocycles. The van der Waals surface area contributed by atoms with Gasteiger partial charge in [-0.15, -0.1) is 0 Å². The van der Waals surface area contributed by atoms with Gasteiger partial charge in [0.25, 0.3) is 5.91 Å². The molecule has 8 heteroatoms. The molecule has 1 fully saturated rings. The van der Waals surface area contributed by atoms with Crippen LogP contribution in [0, 0.1) is 5.92 Å². The minimum absolute atomic E-state index is 0.247. The number of carbonyl (C=O) groups is 3. The Morgan fingerprint density at radius 1 is 0.909 bits per heavy atom. The van der Waals surface area contributed by atoms with Crippen molar-refractivity contribution in [1.29, 1.82) is 0 Å². The summed E-state index contributed by atoms with van der Waals surface area (Å²) >= 11 is 0. The van der Waals surface area contributed by atoms with Crippen molar-refractivity contribution >= 4 is 34.3 Å². The van der Waals surface area contributed by atoms with Crippen molar-refractivity contribution in [2.75, 3.05) is 12.3 Å². The maximum Gasteiger partial charge on any atom is 0.270 e. The van der Waals surface area contributed by atoms with Crippen LogP contribution in [0.25, 0.3) is 10.9 Å². The quantitative estimate of drug-likeness (QED) is 0.441. The predicted molar refractivity (Wildman–Crippen MR) is 128 cm³/mol. The van der Waals surface area contributed by atoms with Gasteiger partial charge in [0.2, 0.25) is 11.8 Å². The zero-order valence-electron chi connectivity index (χ0n) is 18.5. The number of hydrogen-bond donors (Lipinski definition) is 4. The van der Waals surface area contributed by atoms with Gasteiger partial charge >= 0.3 is 0 Å². The molecule has 1 saturated carbocycles. The first-order valence-corrected chi connectivity index (χ1v) is 11.2. The first-order chi connectivity index (χ1) is 15.8. The smallest absolute Gasteiger partial charge is 0.270 e. The molecule has 0 spiro atoms. The van der Waals surface area contributed by atoms with Crippen LogP contribution in [0.2, 0.25) is 0 Å². The second-order valence-electron chi connectivity index (χ2n) is 8.72. The Morgan fingerprint density at radius 3 is 2.18 bits per heavy atom. The van der Waals surface area contributed by atoms with E-state index in [9.17, 15) is 14.4 Å². The Morgan fingerprint density at radius 2 is 1.55 bits per heavy atom. The standard InChI is InChI=1S/C25H29N5O3/c26-21-19-11-10-18(24(28)32)12-20(19)30(14-16-6-8-17(9-7-16)23(27)31)22(21)25(33)29-13-15-4-2-1-3-5-15/h6-12,15H,1-5,13-14,26H2,(H2,27,31)(H2,28,32)(H,29,33). The van der Waals surface area contributed by atoms with Gasteiger partial charge in [-0.25, -0.2) is 0 Å². The van der Waals surface area contributed by atoms with E-state index in [-0.39, 0.29) is 5.91 Å². The van der Waals surface area contributed by atoms with Gasteiger partial charge in [-0.1, -0.05) is 31.4 Å². The van der Waals surface area contributed by atoms with Crippen molar-refractivity contribution in [3.05, 3.63) is 64.8 Å². The fraction of sp³-hybridized carbons (Fsp3) is 0.320.